The van der Waals surface area contributed by atoms with Gasteiger partial charge in [0.15, 0.2) is 0 Å². The lowest BCUT2D eigenvalue weighted by atomic mass is 10.1. The topological polar surface area (TPSA) is 53.7 Å². The highest BCUT2D eigenvalue weighted by atomic mass is 28.4. The summed E-state index contributed by atoms with van der Waals surface area (Å²) in [7, 11) is 2.71. The minimum absolute atomic E-state index is 0.357. The Morgan fingerprint density at radius 3 is 1.63 bits per heavy atom. The summed E-state index contributed by atoms with van der Waals surface area (Å²) in [6.07, 6.45) is 10.0. The molecular weight excluding hydrogens is 258 g/mol. The first kappa shape index (κ1) is 19.1. The molecule has 0 aromatic carbocycles. The highest BCUT2D eigenvalue weighted by Crippen LogP contribution is 2.18. The molecule has 0 saturated carbocycles. The van der Waals surface area contributed by atoms with Crippen molar-refractivity contribution < 1.29 is 13.3 Å². The Labute approximate surface area is 120 Å². The number of hydrogen-bond donors (Lipinski definition) is 1. The van der Waals surface area contributed by atoms with Crippen molar-refractivity contribution in [3.8, 4) is 0 Å². The molecule has 0 rings (SSSR count). The summed E-state index contributed by atoms with van der Waals surface area (Å²) >= 11 is 0. The fourth-order valence-electron chi connectivity index (χ4n) is 2.25. The Hall–Kier alpha value is 0.0569. The summed E-state index contributed by atoms with van der Waals surface area (Å²) in [4.78, 5) is 0. The van der Waals surface area contributed by atoms with Gasteiger partial charge in [-0.3, -0.25) is 0 Å². The molecule has 1 atom stereocenters. The Morgan fingerprint density at radius 2 is 1.21 bits per heavy atom. The zero-order chi connectivity index (χ0) is 14.6. The van der Waals surface area contributed by atoms with E-state index in [0.717, 1.165) is 18.9 Å². The van der Waals surface area contributed by atoms with Crippen molar-refractivity contribution in [3.05, 3.63) is 0 Å². The van der Waals surface area contributed by atoms with E-state index in [1.54, 1.807) is 21.3 Å². The molecule has 0 aromatic heterocycles. The van der Waals surface area contributed by atoms with E-state index in [-0.39, 0.29) is 0 Å². The van der Waals surface area contributed by atoms with Crippen molar-refractivity contribution in [3.63, 3.8) is 0 Å². The van der Waals surface area contributed by atoms with E-state index < -0.39 is 8.80 Å². The number of hydrogen-bond acceptors (Lipinski definition) is 4. The predicted molar refractivity (Wildman–Crippen MR) is 82.2 cm³/mol. The maximum atomic E-state index is 5.72. The van der Waals surface area contributed by atoms with E-state index in [4.69, 9.17) is 19.0 Å². The van der Waals surface area contributed by atoms with Crippen LogP contribution in [0.1, 0.15) is 58.3 Å². The van der Waals surface area contributed by atoms with Crippen molar-refractivity contribution >= 4 is 8.80 Å². The Balaban J connectivity index is 3.40. The van der Waals surface area contributed by atoms with E-state index in [2.05, 4.69) is 6.92 Å². The van der Waals surface area contributed by atoms with Crippen LogP contribution in [0.3, 0.4) is 0 Å². The molecule has 0 amide bonds. The van der Waals surface area contributed by atoms with Gasteiger partial charge in [0.25, 0.3) is 0 Å². The molecule has 0 aromatic rings. The highest BCUT2D eigenvalue weighted by Gasteiger charge is 2.36. The van der Waals surface area contributed by atoms with Gasteiger partial charge in [-0.2, -0.15) is 0 Å². The van der Waals surface area contributed by atoms with Gasteiger partial charge in [-0.15, -0.1) is 0 Å². The Bertz CT molecular complexity index is 191. The van der Waals surface area contributed by atoms with Crippen LogP contribution in [0, 0.1) is 0 Å². The first-order valence-electron chi connectivity index (χ1n) is 7.51. The summed E-state index contributed by atoms with van der Waals surface area (Å²) in [5, 5.41) is 0. The smallest absolute Gasteiger partial charge is 0.377 e. The van der Waals surface area contributed by atoms with Crippen molar-refractivity contribution in [1.29, 1.82) is 0 Å². The van der Waals surface area contributed by atoms with Gasteiger partial charge in [-0.1, -0.05) is 38.5 Å². The average molecular weight is 292 g/mol. The molecule has 1 unspecified atom stereocenters. The summed E-state index contributed by atoms with van der Waals surface area (Å²) in [6.45, 7) is 2.08. The minimum Gasteiger partial charge on any atom is -0.377 e. The molecule has 0 aliphatic carbocycles. The quantitative estimate of drug-likeness (QED) is 0.418. The van der Waals surface area contributed by atoms with Crippen LogP contribution >= 0.6 is 0 Å². The molecule has 0 radical (unpaired) electrons. The molecule has 5 heteroatoms. The highest BCUT2D eigenvalue weighted by molar-refractivity contribution is 6.60. The molecule has 4 nitrogen and oxygen atoms in total. The van der Waals surface area contributed by atoms with Crippen molar-refractivity contribution in [1.82, 2.24) is 0 Å². The zero-order valence-electron chi connectivity index (χ0n) is 13.2. The number of unbranched alkanes of at least 4 members (excludes halogenated alkanes) is 6. The third kappa shape index (κ3) is 9.57. The van der Waals surface area contributed by atoms with Gasteiger partial charge in [0.2, 0.25) is 0 Å². The average Bonchev–Trinajstić information content (AvgIpc) is 2.41. The van der Waals surface area contributed by atoms with E-state index in [9.17, 15) is 0 Å². The van der Waals surface area contributed by atoms with Gasteiger partial charge >= 0.3 is 8.80 Å². The van der Waals surface area contributed by atoms with Crippen molar-refractivity contribution in [2.45, 2.75) is 70.4 Å². The number of nitrogens with two attached hydrogens (primary N) is 1. The van der Waals surface area contributed by atoms with E-state index in [1.165, 1.54) is 38.5 Å². The SMILES string of the molecule is CO[Si](CCCCCCCCCC(C)N)(OC)OC. The Morgan fingerprint density at radius 1 is 0.789 bits per heavy atom. The van der Waals surface area contributed by atoms with Gasteiger partial charge in [-0.05, 0) is 19.8 Å². The molecule has 0 spiro atoms. The molecule has 0 heterocycles. The predicted octanol–water partition coefficient (Wildman–Crippen LogP) is 3.33. The van der Waals surface area contributed by atoms with E-state index in [0.29, 0.717) is 6.04 Å². The van der Waals surface area contributed by atoms with Crippen LogP contribution in [0.4, 0.5) is 0 Å². The molecule has 0 aliphatic heterocycles. The normalized spacial score (nSPS) is 13.7. The molecule has 0 fully saturated rings. The van der Waals surface area contributed by atoms with Gasteiger partial charge in [0, 0.05) is 33.4 Å². The van der Waals surface area contributed by atoms with Gasteiger partial charge in [0.05, 0.1) is 0 Å². The fourth-order valence-corrected chi connectivity index (χ4v) is 4.04. The van der Waals surface area contributed by atoms with Crippen molar-refractivity contribution in [2.24, 2.45) is 5.73 Å². The summed E-state index contributed by atoms with van der Waals surface area (Å²) < 4.78 is 16.2. The second-order valence-corrected chi connectivity index (χ2v) is 8.38. The van der Waals surface area contributed by atoms with Crippen LogP contribution in [0.25, 0.3) is 0 Å². The maximum absolute atomic E-state index is 5.72. The standard InChI is InChI=1S/C14H33NO3Si/c1-14(15)12-10-8-6-5-7-9-11-13-19(16-2,17-3)18-4/h14H,5-13,15H2,1-4H3. The lowest BCUT2D eigenvalue weighted by Gasteiger charge is -2.24. The second-order valence-electron chi connectivity index (χ2n) is 5.29. The van der Waals surface area contributed by atoms with Crippen LogP contribution in [-0.4, -0.2) is 36.2 Å². The lowest BCUT2D eigenvalue weighted by Crippen LogP contribution is -2.42. The molecule has 2 N–H and O–H groups in total. The fraction of sp³-hybridized carbons (Fsp3) is 1.00. The van der Waals surface area contributed by atoms with Gasteiger partial charge in [0.1, 0.15) is 0 Å². The molecular formula is C14H33NO3Si. The molecule has 0 bridgehead atoms. The van der Waals surface area contributed by atoms with E-state index in [1.807, 2.05) is 0 Å². The van der Waals surface area contributed by atoms with Gasteiger partial charge < -0.3 is 19.0 Å². The first-order chi connectivity index (χ1) is 9.10. The Kier molecular flexibility index (Phi) is 11.9. The zero-order valence-corrected chi connectivity index (χ0v) is 14.2. The molecule has 0 aliphatic rings. The van der Waals surface area contributed by atoms with E-state index >= 15 is 0 Å². The third-order valence-corrected chi connectivity index (χ3v) is 6.41. The maximum Gasteiger partial charge on any atom is 0.500 e. The third-order valence-electron chi connectivity index (χ3n) is 3.58. The van der Waals surface area contributed by atoms with Crippen LogP contribution in [-0.2, 0) is 13.3 Å². The monoisotopic (exact) mass is 291 g/mol. The lowest BCUT2D eigenvalue weighted by molar-refractivity contribution is 0.122. The van der Waals surface area contributed by atoms with Crippen molar-refractivity contribution in [2.75, 3.05) is 21.3 Å². The summed E-state index contributed by atoms with van der Waals surface area (Å²) in [5.41, 5.74) is 5.72. The molecule has 19 heavy (non-hydrogen) atoms. The molecule has 116 valence electrons. The van der Waals surface area contributed by atoms with Crippen LogP contribution in [0.5, 0.6) is 0 Å². The molecule has 0 saturated heterocycles. The largest absolute Gasteiger partial charge is 0.500 e. The number of rotatable bonds is 13. The summed E-state index contributed by atoms with van der Waals surface area (Å²) in [5.74, 6) is 0. The second kappa shape index (κ2) is 11.8. The first-order valence-corrected chi connectivity index (χ1v) is 9.44. The van der Waals surface area contributed by atoms with Crippen LogP contribution < -0.4 is 5.73 Å². The summed E-state index contributed by atoms with van der Waals surface area (Å²) in [6, 6.07) is 1.27. The van der Waals surface area contributed by atoms with Crippen LogP contribution in [0.2, 0.25) is 6.04 Å². The van der Waals surface area contributed by atoms with Crippen LogP contribution in [0.15, 0.2) is 0 Å². The minimum atomic E-state index is -2.33. The van der Waals surface area contributed by atoms with Gasteiger partial charge in [-0.25, -0.2) is 0 Å².